The smallest absolute Gasteiger partial charge is 0.189 e. The molecular weight excluding hydrogens is 364 g/mol. The number of carbonyl (C=O) groups excluding carboxylic acids is 1. The zero-order valence-electron chi connectivity index (χ0n) is 15.5. The number of hydrogen-bond donors (Lipinski definition) is 0. The van der Waals surface area contributed by atoms with Gasteiger partial charge >= 0.3 is 0 Å². The molecule has 2 aromatic heterocycles. The largest absolute Gasteiger partial charge is 0.486 e. The van der Waals surface area contributed by atoms with E-state index in [0.717, 1.165) is 28.4 Å². The van der Waals surface area contributed by atoms with Crippen LogP contribution < -0.4 is 4.74 Å². The summed E-state index contributed by atoms with van der Waals surface area (Å²) in [6, 6.07) is 7.42. The van der Waals surface area contributed by atoms with Crippen molar-refractivity contribution in [3.05, 3.63) is 76.0 Å². The number of carbonyl (C=O) groups is 1. The van der Waals surface area contributed by atoms with Crippen LogP contribution in [0, 0.1) is 13.8 Å². The highest BCUT2D eigenvalue weighted by molar-refractivity contribution is 6.32. The number of hydrogen-bond acceptors (Lipinski definition) is 4. The Balaban J connectivity index is 1.60. The molecule has 0 unspecified atom stereocenters. The van der Waals surface area contributed by atoms with E-state index in [0.29, 0.717) is 23.7 Å². The molecule has 0 aliphatic carbocycles. The molecule has 0 amide bonds. The SMILES string of the molecule is CCn1cc(C(=O)/C=C/c2ccc(COc3cc(C)c(Cl)c(C)c3)o2)cn1. The summed E-state index contributed by atoms with van der Waals surface area (Å²) >= 11 is 6.17. The van der Waals surface area contributed by atoms with Gasteiger partial charge in [-0.1, -0.05) is 11.6 Å². The van der Waals surface area contributed by atoms with Gasteiger partial charge < -0.3 is 9.15 Å². The number of aromatic nitrogens is 2. The van der Waals surface area contributed by atoms with Gasteiger partial charge in [0.15, 0.2) is 5.78 Å². The average Bonchev–Trinajstić information content (AvgIpc) is 3.31. The molecule has 3 aromatic rings. The minimum Gasteiger partial charge on any atom is -0.486 e. The third kappa shape index (κ3) is 4.68. The van der Waals surface area contributed by atoms with E-state index in [9.17, 15) is 4.79 Å². The molecule has 0 N–H and O–H groups in total. The monoisotopic (exact) mass is 384 g/mol. The maximum Gasteiger partial charge on any atom is 0.189 e. The summed E-state index contributed by atoms with van der Waals surface area (Å²) in [5, 5.41) is 4.85. The highest BCUT2D eigenvalue weighted by Gasteiger charge is 2.07. The van der Waals surface area contributed by atoms with Crippen molar-refractivity contribution >= 4 is 23.5 Å². The zero-order chi connectivity index (χ0) is 19.4. The molecule has 0 fully saturated rings. The van der Waals surface area contributed by atoms with E-state index in [1.54, 1.807) is 29.2 Å². The van der Waals surface area contributed by atoms with Gasteiger partial charge in [-0.25, -0.2) is 0 Å². The molecule has 0 atom stereocenters. The highest BCUT2D eigenvalue weighted by Crippen LogP contribution is 2.26. The first-order chi connectivity index (χ1) is 13.0. The third-order valence-electron chi connectivity index (χ3n) is 4.11. The fraction of sp³-hybridized carbons (Fsp3) is 0.238. The molecule has 6 heteroatoms. The summed E-state index contributed by atoms with van der Waals surface area (Å²) in [5.74, 6) is 1.89. The second kappa shape index (κ2) is 8.27. The zero-order valence-corrected chi connectivity index (χ0v) is 16.3. The van der Waals surface area contributed by atoms with Crippen LogP contribution in [0.5, 0.6) is 5.75 Å². The molecule has 0 bridgehead atoms. The number of halogens is 1. The van der Waals surface area contributed by atoms with Crippen LogP contribution in [0.3, 0.4) is 0 Å². The Labute approximate surface area is 163 Å². The molecule has 27 heavy (non-hydrogen) atoms. The number of nitrogens with zero attached hydrogens (tertiary/aromatic N) is 2. The summed E-state index contributed by atoms with van der Waals surface area (Å²) in [7, 11) is 0. The van der Waals surface area contributed by atoms with E-state index in [1.165, 1.54) is 6.08 Å². The van der Waals surface area contributed by atoms with Crippen LogP contribution in [0.2, 0.25) is 5.02 Å². The molecule has 0 spiro atoms. The molecule has 0 radical (unpaired) electrons. The number of rotatable bonds is 7. The summed E-state index contributed by atoms with van der Waals surface area (Å²) < 4.78 is 13.2. The first kappa shape index (κ1) is 19.0. The van der Waals surface area contributed by atoms with Gasteiger partial charge in [-0.05, 0) is 68.3 Å². The fourth-order valence-corrected chi connectivity index (χ4v) is 2.73. The summed E-state index contributed by atoms with van der Waals surface area (Å²) in [6.45, 7) is 6.88. The van der Waals surface area contributed by atoms with Crippen LogP contribution in [-0.2, 0) is 13.2 Å². The van der Waals surface area contributed by atoms with Crippen molar-refractivity contribution in [1.29, 1.82) is 0 Å². The number of ether oxygens (including phenoxy) is 1. The Bertz CT molecular complexity index is 962. The molecule has 3 rings (SSSR count). The minimum absolute atomic E-state index is 0.115. The Kier molecular flexibility index (Phi) is 5.81. The lowest BCUT2D eigenvalue weighted by Crippen LogP contribution is -1.95. The molecule has 140 valence electrons. The minimum atomic E-state index is -0.115. The Morgan fingerprint density at radius 3 is 2.70 bits per heavy atom. The van der Waals surface area contributed by atoms with Crippen LogP contribution in [-0.4, -0.2) is 15.6 Å². The van der Waals surface area contributed by atoms with E-state index in [2.05, 4.69) is 5.10 Å². The Morgan fingerprint density at radius 2 is 2.04 bits per heavy atom. The van der Waals surface area contributed by atoms with Gasteiger partial charge in [0.05, 0.1) is 11.8 Å². The fourth-order valence-electron chi connectivity index (χ4n) is 2.62. The number of furan rings is 1. The van der Waals surface area contributed by atoms with E-state index >= 15 is 0 Å². The lowest BCUT2D eigenvalue weighted by atomic mass is 10.1. The van der Waals surface area contributed by atoms with Crippen molar-refractivity contribution in [3.8, 4) is 5.75 Å². The quantitative estimate of drug-likeness (QED) is 0.413. The first-order valence-electron chi connectivity index (χ1n) is 8.69. The molecule has 1 aromatic carbocycles. The van der Waals surface area contributed by atoms with Crippen LogP contribution in [0.25, 0.3) is 6.08 Å². The van der Waals surface area contributed by atoms with Crippen molar-refractivity contribution in [2.45, 2.75) is 33.9 Å². The van der Waals surface area contributed by atoms with Gasteiger partial charge in [-0.15, -0.1) is 0 Å². The molecule has 0 aliphatic rings. The van der Waals surface area contributed by atoms with Crippen molar-refractivity contribution in [3.63, 3.8) is 0 Å². The van der Waals surface area contributed by atoms with Crippen molar-refractivity contribution in [2.24, 2.45) is 0 Å². The molecule has 2 heterocycles. The van der Waals surface area contributed by atoms with E-state index in [1.807, 2.05) is 39.0 Å². The van der Waals surface area contributed by atoms with Gasteiger partial charge in [0.2, 0.25) is 0 Å². The van der Waals surface area contributed by atoms with Crippen molar-refractivity contribution in [1.82, 2.24) is 9.78 Å². The maximum absolute atomic E-state index is 12.1. The number of benzene rings is 1. The third-order valence-corrected chi connectivity index (χ3v) is 4.71. The number of ketones is 1. The standard InChI is InChI=1S/C21H21ClN2O3/c1-4-24-12-16(11-23-24)20(25)8-7-17-5-6-18(27-17)13-26-19-9-14(2)21(22)15(3)10-19/h5-12H,4,13H2,1-3H3/b8-7+. The Hall–Kier alpha value is -2.79. The van der Waals surface area contributed by atoms with Crippen LogP contribution in [0.4, 0.5) is 0 Å². The van der Waals surface area contributed by atoms with Gasteiger partial charge in [0.1, 0.15) is 23.9 Å². The Morgan fingerprint density at radius 1 is 1.30 bits per heavy atom. The summed E-state index contributed by atoms with van der Waals surface area (Å²) in [4.78, 5) is 12.1. The average molecular weight is 385 g/mol. The van der Waals surface area contributed by atoms with Crippen LogP contribution in [0.15, 0.2) is 47.2 Å². The van der Waals surface area contributed by atoms with E-state index in [-0.39, 0.29) is 5.78 Å². The van der Waals surface area contributed by atoms with E-state index < -0.39 is 0 Å². The van der Waals surface area contributed by atoms with Gasteiger partial charge in [-0.3, -0.25) is 9.48 Å². The first-order valence-corrected chi connectivity index (χ1v) is 9.07. The summed E-state index contributed by atoms with van der Waals surface area (Å²) in [5.41, 5.74) is 2.50. The van der Waals surface area contributed by atoms with Crippen molar-refractivity contribution < 1.29 is 13.9 Å². The molecule has 0 aliphatic heterocycles. The van der Waals surface area contributed by atoms with Crippen molar-refractivity contribution in [2.75, 3.05) is 0 Å². The van der Waals surface area contributed by atoms with Gasteiger partial charge in [-0.2, -0.15) is 5.10 Å². The maximum atomic E-state index is 12.1. The molecule has 0 saturated heterocycles. The predicted octanol–water partition coefficient (Wildman–Crippen LogP) is 5.24. The van der Waals surface area contributed by atoms with Crippen LogP contribution >= 0.6 is 11.6 Å². The molecular formula is C21H21ClN2O3. The van der Waals surface area contributed by atoms with E-state index in [4.69, 9.17) is 20.8 Å². The number of allylic oxidation sites excluding steroid dienone is 1. The topological polar surface area (TPSA) is 57.3 Å². The molecule has 5 nitrogen and oxygen atoms in total. The van der Waals surface area contributed by atoms with Gasteiger partial charge in [0.25, 0.3) is 0 Å². The highest BCUT2D eigenvalue weighted by atomic mass is 35.5. The second-order valence-corrected chi connectivity index (χ2v) is 6.62. The molecule has 0 saturated carbocycles. The lowest BCUT2D eigenvalue weighted by Gasteiger charge is -2.08. The van der Waals surface area contributed by atoms with Crippen LogP contribution in [0.1, 0.15) is 39.9 Å². The second-order valence-electron chi connectivity index (χ2n) is 6.25. The normalized spacial score (nSPS) is 11.3. The lowest BCUT2D eigenvalue weighted by molar-refractivity contribution is 0.104. The predicted molar refractivity (Wildman–Crippen MR) is 105 cm³/mol. The number of aryl methyl sites for hydroxylation is 3. The summed E-state index contributed by atoms with van der Waals surface area (Å²) in [6.07, 6.45) is 6.41. The van der Waals surface area contributed by atoms with Gasteiger partial charge in [0, 0.05) is 17.8 Å².